The van der Waals surface area contributed by atoms with Gasteiger partial charge in [0.2, 0.25) is 0 Å². The fourth-order valence-corrected chi connectivity index (χ4v) is 1.74. The number of H-pyrrole nitrogens is 1. The van der Waals surface area contributed by atoms with Crippen molar-refractivity contribution in [2.24, 2.45) is 0 Å². The topological polar surface area (TPSA) is 55.0 Å². The molecule has 0 atom stereocenters. The van der Waals surface area contributed by atoms with Gasteiger partial charge in [-0.2, -0.15) is 5.10 Å². The summed E-state index contributed by atoms with van der Waals surface area (Å²) in [6.07, 6.45) is 0. The lowest BCUT2D eigenvalue weighted by Gasteiger charge is -1.99. The van der Waals surface area contributed by atoms with E-state index in [0.29, 0.717) is 5.69 Å². The van der Waals surface area contributed by atoms with E-state index in [4.69, 9.17) is 16.3 Å². The summed E-state index contributed by atoms with van der Waals surface area (Å²) in [7, 11) is 0. The number of ether oxygens (including phenoxy) is 1. The lowest BCUT2D eigenvalue weighted by Crippen LogP contribution is -2.06. The van der Waals surface area contributed by atoms with E-state index in [9.17, 15) is 4.79 Å². The van der Waals surface area contributed by atoms with Crippen molar-refractivity contribution in [3.8, 4) is 11.3 Å². The van der Waals surface area contributed by atoms with E-state index in [0.717, 1.165) is 10.0 Å². The standard InChI is InChI=1S/C13H10BrClN2O2/c1-8(15)7-19-13(18)12-6-11(16-17-12)9-2-4-10(14)5-3-9/h2-6H,1,7H2,(H,16,17). The van der Waals surface area contributed by atoms with Crippen LogP contribution in [0.5, 0.6) is 0 Å². The zero-order valence-corrected chi connectivity index (χ0v) is 12.2. The summed E-state index contributed by atoms with van der Waals surface area (Å²) in [5, 5.41) is 6.97. The van der Waals surface area contributed by atoms with Crippen molar-refractivity contribution in [3.05, 3.63) is 52.1 Å². The lowest BCUT2D eigenvalue weighted by atomic mass is 10.1. The van der Waals surface area contributed by atoms with Crippen LogP contribution < -0.4 is 0 Å². The number of esters is 1. The molecule has 0 saturated heterocycles. The van der Waals surface area contributed by atoms with Crippen LogP contribution in [-0.2, 0) is 4.74 Å². The Kier molecular flexibility index (Phi) is 4.39. The molecule has 1 aromatic carbocycles. The Bertz CT molecular complexity index is 607. The van der Waals surface area contributed by atoms with Crippen molar-refractivity contribution in [3.63, 3.8) is 0 Å². The number of hydrogen-bond donors (Lipinski definition) is 1. The second kappa shape index (κ2) is 6.04. The number of nitrogens with zero attached hydrogens (tertiary/aromatic N) is 1. The Labute approximate surface area is 123 Å². The van der Waals surface area contributed by atoms with Crippen LogP contribution in [0.2, 0.25) is 0 Å². The van der Waals surface area contributed by atoms with Crippen LogP contribution >= 0.6 is 27.5 Å². The molecule has 0 unspecified atom stereocenters. The van der Waals surface area contributed by atoms with Gasteiger partial charge in [0.25, 0.3) is 0 Å². The van der Waals surface area contributed by atoms with Crippen molar-refractivity contribution in [1.29, 1.82) is 0 Å². The number of benzene rings is 1. The number of aromatic amines is 1. The first kappa shape index (κ1) is 13.8. The molecule has 1 aromatic heterocycles. The minimum absolute atomic E-state index is 0.0208. The minimum Gasteiger partial charge on any atom is -0.455 e. The van der Waals surface area contributed by atoms with Crippen molar-refractivity contribution in [2.45, 2.75) is 0 Å². The molecular weight excluding hydrogens is 332 g/mol. The van der Waals surface area contributed by atoms with Gasteiger partial charge in [-0.15, -0.1) is 0 Å². The number of carbonyl (C=O) groups excluding carboxylic acids is 1. The summed E-state index contributed by atoms with van der Waals surface area (Å²) in [5.41, 5.74) is 1.85. The molecule has 0 bridgehead atoms. The zero-order valence-electron chi connectivity index (χ0n) is 9.82. The van der Waals surface area contributed by atoms with Crippen LogP contribution in [0.3, 0.4) is 0 Å². The first-order valence-corrected chi connectivity index (χ1v) is 6.55. The summed E-state index contributed by atoms with van der Waals surface area (Å²) >= 11 is 8.88. The third-order valence-electron chi connectivity index (χ3n) is 2.30. The maximum atomic E-state index is 11.6. The van der Waals surface area contributed by atoms with Crippen LogP contribution in [0, 0.1) is 0 Å². The number of rotatable bonds is 4. The largest absolute Gasteiger partial charge is 0.455 e. The summed E-state index contributed by atoms with van der Waals surface area (Å²) in [6.45, 7) is 3.42. The Hall–Kier alpha value is -1.59. The number of halogens is 2. The molecule has 1 N–H and O–H groups in total. The Morgan fingerprint density at radius 2 is 2.11 bits per heavy atom. The van der Waals surface area contributed by atoms with Crippen molar-refractivity contribution in [1.82, 2.24) is 10.2 Å². The predicted molar refractivity (Wildman–Crippen MR) is 77.0 cm³/mol. The van der Waals surface area contributed by atoms with Crippen molar-refractivity contribution in [2.75, 3.05) is 6.61 Å². The van der Waals surface area contributed by atoms with Crippen molar-refractivity contribution < 1.29 is 9.53 Å². The van der Waals surface area contributed by atoms with Crippen molar-refractivity contribution >= 4 is 33.5 Å². The van der Waals surface area contributed by atoms with Gasteiger partial charge in [0.1, 0.15) is 12.3 Å². The van der Waals surface area contributed by atoms with Crippen LogP contribution in [0.15, 0.2) is 46.4 Å². The number of carbonyl (C=O) groups is 1. The van der Waals surface area contributed by atoms with E-state index in [1.807, 2.05) is 24.3 Å². The predicted octanol–water partition coefficient (Wildman–Crippen LogP) is 3.75. The van der Waals surface area contributed by atoms with Gasteiger partial charge >= 0.3 is 5.97 Å². The molecule has 6 heteroatoms. The quantitative estimate of drug-likeness (QED) is 0.862. The van der Waals surface area contributed by atoms with Gasteiger partial charge in [0.05, 0.1) is 5.69 Å². The van der Waals surface area contributed by atoms with Gasteiger partial charge in [-0.05, 0) is 18.2 Å². The summed E-state index contributed by atoms with van der Waals surface area (Å²) < 4.78 is 5.89. The highest BCUT2D eigenvalue weighted by Gasteiger charge is 2.12. The number of aromatic nitrogens is 2. The normalized spacial score (nSPS) is 10.2. The average molecular weight is 342 g/mol. The highest BCUT2D eigenvalue weighted by molar-refractivity contribution is 9.10. The fraction of sp³-hybridized carbons (Fsp3) is 0.0769. The first-order chi connectivity index (χ1) is 9.06. The van der Waals surface area contributed by atoms with E-state index in [2.05, 4.69) is 32.7 Å². The van der Waals surface area contributed by atoms with E-state index >= 15 is 0 Å². The summed E-state index contributed by atoms with van der Waals surface area (Å²) in [5.74, 6) is -0.516. The van der Waals surface area contributed by atoms with Crippen LogP contribution in [0.25, 0.3) is 11.3 Å². The maximum Gasteiger partial charge on any atom is 0.356 e. The highest BCUT2D eigenvalue weighted by Crippen LogP contribution is 2.20. The maximum absolute atomic E-state index is 11.6. The van der Waals surface area contributed by atoms with Gasteiger partial charge < -0.3 is 4.74 Å². The van der Waals surface area contributed by atoms with Crippen LogP contribution in [0.4, 0.5) is 0 Å². The Balaban J connectivity index is 2.12. The second-order valence-electron chi connectivity index (χ2n) is 3.77. The van der Waals surface area contributed by atoms with Gasteiger partial charge in [0.15, 0.2) is 0 Å². The molecule has 19 heavy (non-hydrogen) atoms. The molecule has 4 nitrogen and oxygen atoms in total. The molecule has 2 aromatic rings. The number of nitrogens with one attached hydrogen (secondary N) is 1. The highest BCUT2D eigenvalue weighted by atomic mass is 79.9. The third kappa shape index (κ3) is 3.68. The molecule has 0 aliphatic carbocycles. The molecule has 2 rings (SSSR count). The summed E-state index contributed by atoms with van der Waals surface area (Å²) in [4.78, 5) is 11.6. The van der Waals surface area contributed by atoms with Gasteiger partial charge in [-0.25, -0.2) is 4.79 Å². The van der Waals surface area contributed by atoms with Gasteiger partial charge in [-0.1, -0.05) is 46.2 Å². The smallest absolute Gasteiger partial charge is 0.356 e. The minimum atomic E-state index is -0.516. The van der Waals surface area contributed by atoms with Crippen LogP contribution in [0.1, 0.15) is 10.5 Å². The zero-order chi connectivity index (χ0) is 13.8. The molecule has 1 heterocycles. The molecule has 0 aliphatic rings. The van der Waals surface area contributed by atoms with Gasteiger partial charge in [0, 0.05) is 15.1 Å². The van der Waals surface area contributed by atoms with E-state index in [-0.39, 0.29) is 17.3 Å². The third-order valence-corrected chi connectivity index (χ3v) is 2.94. The van der Waals surface area contributed by atoms with Crippen LogP contribution in [-0.4, -0.2) is 22.8 Å². The SMILES string of the molecule is C=C(Cl)COC(=O)c1cc(-c2ccc(Br)cc2)n[nH]1. The van der Waals surface area contributed by atoms with E-state index < -0.39 is 5.97 Å². The second-order valence-corrected chi connectivity index (χ2v) is 5.22. The fourth-order valence-electron chi connectivity index (χ4n) is 1.42. The molecule has 0 saturated carbocycles. The monoisotopic (exact) mass is 340 g/mol. The van der Waals surface area contributed by atoms with E-state index in [1.165, 1.54) is 0 Å². The number of hydrogen-bond acceptors (Lipinski definition) is 3. The van der Waals surface area contributed by atoms with Gasteiger partial charge in [-0.3, -0.25) is 5.10 Å². The summed E-state index contributed by atoms with van der Waals surface area (Å²) in [6, 6.07) is 9.23. The lowest BCUT2D eigenvalue weighted by molar-refractivity contribution is 0.0539. The molecule has 0 spiro atoms. The molecule has 0 radical (unpaired) electrons. The first-order valence-electron chi connectivity index (χ1n) is 5.38. The molecule has 0 fully saturated rings. The molecular formula is C13H10BrClN2O2. The molecule has 0 amide bonds. The average Bonchev–Trinajstić information content (AvgIpc) is 2.86. The Morgan fingerprint density at radius 3 is 2.74 bits per heavy atom. The molecule has 0 aliphatic heterocycles. The van der Waals surface area contributed by atoms with E-state index in [1.54, 1.807) is 6.07 Å². The Morgan fingerprint density at radius 1 is 1.42 bits per heavy atom. The molecule has 98 valence electrons.